The van der Waals surface area contributed by atoms with Gasteiger partial charge in [0.15, 0.2) is 9.46 Å². The highest BCUT2D eigenvalue weighted by Gasteiger charge is 2.20. The lowest BCUT2D eigenvalue weighted by molar-refractivity contribution is -0.130. The molecule has 13 heavy (non-hydrogen) atoms. The normalized spacial score (nSPS) is 11.7. The summed E-state index contributed by atoms with van der Waals surface area (Å²) in [6, 6.07) is 0. The topological polar surface area (TPSA) is 68.3 Å². The number of carbonyl (C=O) groups excluding carboxylic acids is 2. The van der Waals surface area contributed by atoms with Crippen molar-refractivity contribution < 1.29 is 18.0 Å². The highest BCUT2D eigenvalue weighted by molar-refractivity contribution is 8.37. The average Bonchev–Trinajstić information content (AvgIpc) is 1.82. The summed E-state index contributed by atoms with van der Waals surface area (Å²) in [6.45, 7) is 2.59. The van der Waals surface area contributed by atoms with Crippen LogP contribution in [0.25, 0.3) is 0 Å². The van der Waals surface area contributed by atoms with Crippen LogP contribution in [0, 0.1) is 5.92 Å². The molecule has 0 aromatic heterocycles. The smallest absolute Gasteiger partial charge is 0.161 e. The van der Waals surface area contributed by atoms with Gasteiger partial charge < -0.3 is 0 Å². The van der Waals surface area contributed by atoms with Gasteiger partial charge >= 0.3 is 0 Å². The molecule has 0 fully saturated rings. The van der Waals surface area contributed by atoms with Gasteiger partial charge in [0.1, 0.15) is 11.6 Å². The zero-order valence-electron chi connectivity index (χ0n) is 7.61. The largest absolute Gasteiger partial charge is 0.299 e. The van der Waals surface area contributed by atoms with Gasteiger partial charge in [-0.1, -0.05) is 0 Å². The van der Waals surface area contributed by atoms with Crippen LogP contribution in [0.1, 0.15) is 20.3 Å². The molecule has 0 spiro atoms. The molecule has 4 nitrogen and oxygen atoms in total. The van der Waals surface area contributed by atoms with Crippen LogP contribution in [0.15, 0.2) is 0 Å². The maximum absolute atomic E-state index is 10.9. The third-order valence-electron chi connectivity index (χ3n) is 1.67. The summed E-state index contributed by atoms with van der Waals surface area (Å²) in [7, 11) is -1.48. The number of hydrogen-bond acceptors (Lipinski definition) is 4. The molecule has 0 amide bonds. The van der Waals surface area contributed by atoms with Gasteiger partial charge in [0, 0.05) is 0 Å². The molecule has 0 N–H and O–H groups in total. The van der Waals surface area contributed by atoms with E-state index in [1.807, 2.05) is 0 Å². The molecule has 0 heterocycles. The van der Waals surface area contributed by atoms with Gasteiger partial charge in [0.2, 0.25) is 0 Å². The van der Waals surface area contributed by atoms with Crippen LogP contribution in [-0.4, -0.2) is 25.7 Å². The molecular formula is C7H13O4PS. The van der Waals surface area contributed by atoms with E-state index >= 15 is 0 Å². The van der Waals surface area contributed by atoms with Crippen LogP contribution in [0.2, 0.25) is 0 Å². The molecule has 1 unspecified atom stereocenters. The second kappa shape index (κ2) is 4.82. The third-order valence-corrected chi connectivity index (χ3v) is 3.18. The fourth-order valence-corrected chi connectivity index (χ4v) is 1.95. The first kappa shape index (κ1) is 12.7. The number of Topliss-reactive ketones (excluding diaryl/α,β-unsaturated/α-hetero) is 2. The van der Waals surface area contributed by atoms with Crippen molar-refractivity contribution in [1.29, 1.82) is 0 Å². The Labute approximate surface area is 80.0 Å². The maximum atomic E-state index is 10.9. The van der Waals surface area contributed by atoms with Crippen LogP contribution in [-0.2, 0) is 19.0 Å². The minimum Gasteiger partial charge on any atom is -0.299 e. The Balaban J connectivity index is 4.30. The highest BCUT2D eigenvalue weighted by Crippen LogP contribution is 2.11. The molecular weight excluding hydrogens is 211 g/mol. The summed E-state index contributed by atoms with van der Waals surface area (Å²) in [6.07, 6.45) is 0.0799. The molecule has 0 bridgehead atoms. The van der Waals surface area contributed by atoms with Crippen molar-refractivity contribution in [3.63, 3.8) is 0 Å². The van der Waals surface area contributed by atoms with Crippen molar-refractivity contribution in [3.05, 3.63) is 0 Å². The Morgan fingerprint density at radius 3 is 1.85 bits per heavy atom. The first-order valence-electron chi connectivity index (χ1n) is 3.75. The van der Waals surface area contributed by atoms with Crippen LogP contribution in [0.5, 0.6) is 0 Å². The third kappa shape index (κ3) is 5.88. The van der Waals surface area contributed by atoms with E-state index in [1.54, 1.807) is 8.44 Å². The molecule has 6 heteroatoms. The van der Waals surface area contributed by atoms with E-state index in [-0.39, 0.29) is 23.7 Å². The van der Waals surface area contributed by atoms with Gasteiger partial charge in [-0.2, -0.15) is 0 Å². The second-order valence-corrected chi connectivity index (χ2v) is 6.82. The Bertz CT molecular complexity index is 292. The molecule has 0 aromatic rings. The standard InChI is InChI=1S/C7H13O4PS/c1-5(8)7(6(2)9)3-4-13(10,11)12/h7H,3-4,12H2,1-2H3. The molecule has 1 atom stereocenters. The van der Waals surface area contributed by atoms with Crippen molar-refractivity contribution >= 4 is 29.5 Å². The van der Waals surface area contributed by atoms with E-state index in [0.717, 1.165) is 0 Å². The molecule has 76 valence electrons. The molecule has 0 aliphatic carbocycles. The highest BCUT2D eigenvalue weighted by atomic mass is 32.7. The van der Waals surface area contributed by atoms with Crippen molar-refractivity contribution in [2.24, 2.45) is 5.92 Å². The van der Waals surface area contributed by atoms with Crippen LogP contribution in [0.4, 0.5) is 0 Å². The summed E-state index contributed by atoms with van der Waals surface area (Å²) in [5.74, 6) is -1.47. The Morgan fingerprint density at radius 2 is 1.62 bits per heavy atom. The molecule has 0 radical (unpaired) electrons. The minimum absolute atomic E-state index is 0.0799. The lowest BCUT2D eigenvalue weighted by atomic mass is 9.98. The van der Waals surface area contributed by atoms with Gasteiger partial charge in [0.05, 0.1) is 11.7 Å². The van der Waals surface area contributed by atoms with E-state index in [2.05, 4.69) is 0 Å². The Hall–Kier alpha value is -0.280. The van der Waals surface area contributed by atoms with Crippen molar-refractivity contribution in [1.82, 2.24) is 0 Å². The van der Waals surface area contributed by atoms with Gasteiger partial charge in [0.25, 0.3) is 0 Å². The van der Waals surface area contributed by atoms with Crippen LogP contribution < -0.4 is 0 Å². The fourth-order valence-electron chi connectivity index (χ4n) is 0.975. The summed E-state index contributed by atoms with van der Waals surface area (Å²) in [4.78, 5) is 21.8. The number of rotatable bonds is 5. The lowest BCUT2D eigenvalue weighted by Gasteiger charge is -2.08. The Morgan fingerprint density at radius 1 is 1.23 bits per heavy atom. The van der Waals surface area contributed by atoms with Gasteiger partial charge in [-0.25, -0.2) is 8.42 Å². The summed E-state index contributed by atoms with van der Waals surface area (Å²) < 4.78 is 21.4. The first-order chi connectivity index (χ1) is 5.74. The number of carbonyl (C=O) groups is 2. The number of hydrogen-bond donors (Lipinski definition) is 0. The molecule has 0 rings (SSSR count). The molecule has 0 aliphatic heterocycles. The summed E-state index contributed by atoms with van der Waals surface area (Å²) in [5.41, 5.74) is 0. The quantitative estimate of drug-likeness (QED) is 0.500. The number of ketones is 2. The van der Waals surface area contributed by atoms with Crippen LogP contribution in [0.3, 0.4) is 0 Å². The van der Waals surface area contributed by atoms with E-state index in [4.69, 9.17) is 0 Å². The van der Waals surface area contributed by atoms with E-state index in [0.29, 0.717) is 0 Å². The van der Waals surface area contributed by atoms with E-state index in [9.17, 15) is 18.0 Å². The second-order valence-electron chi connectivity index (χ2n) is 2.93. The van der Waals surface area contributed by atoms with Crippen LogP contribution >= 0.6 is 8.44 Å². The zero-order valence-corrected chi connectivity index (χ0v) is 9.58. The van der Waals surface area contributed by atoms with Gasteiger partial charge in [-0.15, -0.1) is 0 Å². The summed E-state index contributed by atoms with van der Waals surface area (Å²) in [5, 5.41) is 0. The van der Waals surface area contributed by atoms with E-state index < -0.39 is 15.4 Å². The first-order valence-corrected chi connectivity index (χ1v) is 6.88. The Kier molecular flexibility index (Phi) is 4.71. The SMILES string of the molecule is CC(=O)C(CCS(=O)(=O)P)C(C)=O. The lowest BCUT2D eigenvalue weighted by Crippen LogP contribution is -2.21. The maximum Gasteiger partial charge on any atom is 0.161 e. The average molecular weight is 224 g/mol. The monoisotopic (exact) mass is 224 g/mol. The molecule has 0 aromatic carbocycles. The van der Waals surface area contributed by atoms with Crippen molar-refractivity contribution in [2.75, 3.05) is 5.75 Å². The predicted octanol–water partition coefficient (Wildman–Crippen LogP) is 0.376. The molecule has 0 saturated heterocycles. The van der Waals surface area contributed by atoms with Gasteiger partial charge in [-0.05, 0) is 28.7 Å². The van der Waals surface area contributed by atoms with Gasteiger partial charge in [-0.3, -0.25) is 9.59 Å². The van der Waals surface area contributed by atoms with Crippen molar-refractivity contribution in [2.45, 2.75) is 20.3 Å². The van der Waals surface area contributed by atoms with E-state index in [1.165, 1.54) is 13.8 Å². The summed E-state index contributed by atoms with van der Waals surface area (Å²) >= 11 is 0. The van der Waals surface area contributed by atoms with Crippen molar-refractivity contribution in [3.8, 4) is 0 Å². The predicted molar refractivity (Wildman–Crippen MR) is 53.0 cm³/mol. The molecule has 0 aliphatic rings. The zero-order chi connectivity index (χ0) is 10.6. The fraction of sp³-hybridized carbons (Fsp3) is 0.714. The minimum atomic E-state index is -3.17. The molecule has 0 saturated carbocycles.